The summed E-state index contributed by atoms with van der Waals surface area (Å²) in [5, 5.41) is 5.38. The number of benzene rings is 2. The molecule has 0 unspecified atom stereocenters. The van der Waals surface area contributed by atoms with Gasteiger partial charge in [-0.15, -0.1) is 23.5 Å². The van der Waals surface area contributed by atoms with Gasteiger partial charge in [0.25, 0.3) is 0 Å². The molecule has 0 spiro atoms. The zero-order chi connectivity index (χ0) is 16.8. The van der Waals surface area contributed by atoms with Crippen molar-refractivity contribution in [3.05, 3.63) is 54.6 Å². The van der Waals surface area contributed by atoms with Crippen LogP contribution in [0.3, 0.4) is 0 Å². The predicted molar refractivity (Wildman–Crippen MR) is 99.5 cm³/mol. The number of hydrogen-bond donors (Lipinski definition) is 2. The normalized spacial score (nSPS) is 16.2. The molecule has 6 heteroatoms. The first-order valence-electron chi connectivity index (χ1n) is 7.73. The van der Waals surface area contributed by atoms with Crippen LogP contribution >= 0.6 is 23.5 Å². The molecule has 0 bridgehead atoms. The van der Waals surface area contributed by atoms with Crippen LogP contribution in [0.1, 0.15) is 6.42 Å². The highest BCUT2D eigenvalue weighted by atomic mass is 32.2. The van der Waals surface area contributed by atoms with Crippen LogP contribution in [0.15, 0.2) is 64.4 Å². The molecule has 3 rings (SSSR count). The predicted octanol–water partition coefficient (Wildman–Crippen LogP) is 3.40. The number of rotatable bonds is 6. The fourth-order valence-corrected chi connectivity index (χ4v) is 4.24. The Balaban J connectivity index is 1.43. The standard InChI is InChI=1S/C18H18N2O2S2/c21-17(19-10-11-23-13-6-2-1-3-7-13)12-16-18(22)20-14-8-4-5-9-15(14)24-16/h1-9,16H,10-12H2,(H,19,21)(H,20,22)/t16-/m0/s1. The third-order valence-electron chi connectivity index (χ3n) is 3.51. The van der Waals surface area contributed by atoms with E-state index in [-0.39, 0.29) is 23.5 Å². The molecule has 0 saturated heterocycles. The highest BCUT2D eigenvalue weighted by molar-refractivity contribution is 8.01. The number of amides is 2. The van der Waals surface area contributed by atoms with E-state index >= 15 is 0 Å². The first-order valence-corrected chi connectivity index (χ1v) is 9.60. The van der Waals surface area contributed by atoms with Crippen LogP contribution in [0.25, 0.3) is 0 Å². The average Bonchev–Trinajstić information content (AvgIpc) is 2.60. The Morgan fingerprint density at radius 3 is 2.71 bits per heavy atom. The Morgan fingerprint density at radius 1 is 1.12 bits per heavy atom. The van der Waals surface area contributed by atoms with Crippen LogP contribution < -0.4 is 10.6 Å². The number of hydrogen-bond acceptors (Lipinski definition) is 4. The van der Waals surface area contributed by atoms with E-state index in [0.29, 0.717) is 6.54 Å². The minimum absolute atomic E-state index is 0.0873. The molecule has 0 saturated carbocycles. The summed E-state index contributed by atoms with van der Waals surface area (Å²) in [5.41, 5.74) is 0.823. The van der Waals surface area contributed by atoms with Crippen LogP contribution in [0.4, 0.5) is 5.69 Å². The number of para-hydroxylation sites is 1. The third kappa shape index (κ3) is 4.55. The number of thioether (sulfide) groups is 2. The summed E-state index contributed by atoms with van der Waals surface area (Å²) >= 11 is 3.15. The molecule has 4 nitrogen and oxygen atoms in total. The summed E-state index contributed by atoms with van der Waals surface area (Å²) in [6.07, 6.45) is 0.195. The monoisotopic (exact) mass is 358 g/mol. The Bertz CT molecular complexity index is 722. The van der Waals surface area contributed by atoms with E-state index in [9.17, 15) is 9.59 Å². The van der Waals surface area contributed by atoms with Crippen molar-refractivity contribution in [2.75, 3.05) is 17.6 Å². The van der Waals surface area contributed by atoms with Gasteiger partial charge in [-0.05, 0) is 24.3 Å². The van der Waals surface area contributed by atoms with Crippen molar-refractivity contribution >= 4 is 41.0 Å². The Hall–Kier alpha value is -1.92. The van der Waals surface area contributed by atoms with E-state index in [1.165, 1.54) is 16.7 Å². The van der Waals surface area contributed by atoms with Gasteiger partial charge in [-0.25, -0.2) is 0 Å². The molecule has 1 aliphatic heterocycles. The SMILES string of the molecule is O=C(C[C@@H]1Sc2ccccc2NC1=O)NCCSc1ccccc1. The zero-order valence-corrected chi connectivity index (χ0v) is 14.7. The second-order valence-corrected chi connectivity index (χ2v) is 7.72. The van der Waals surface area contributed by atoms with E-state index in [0.717, 1.165) is 16.3 Å². The van der Waals surface area contributed by atoms with Gasteiger partial charge in [-0.2, -0.15) is 0 Å². The van der Waals surface area contributed by atoms with Gasteiger partial charge in [-0.3, -0.25) is 9.59 Å². The first kappa shape index (κ1) is 16.9. The van der Waals surface area contributed by atoms with Crippen LogP contribution in [-0.2, 0) is 9.59 Å². The highest BCUT2D eigenvalue weighted by Crippen LogP contribution is 2.36. The van der Waals surface area contributed by atoms with E-state index in [4.69, 9.17) is 0 Å². The Labute approximate surface area is 149 Å². The lowest BCUT2D eigenvalue weighted by Gasteiger charge is -2.23. The molecule has 0 aromatic heterocycles. The summed E-state index contributed by atoms with van der Waals surface area (Å²) < 4.78 is 0. The average molecular weight is 358 g/mol. The summed E-state index contributed by atoms with van der Waals surface area (Å²) in [7, 11) is 0. The van der Waals surface area contributed by atoms with Gasteiger partial charge in [0.05, 0.1) is 10.9 Å². The van der Waals surface area contributed by atoms with Crippen molar-refractivity contribution in [3.63, 3.8) is 0 Å². The van der Waals surface area contributed by atoms with Crippen LogP contribution in [0.5, 0.6) is 0 Å². The lowest BCUT2D eigenvalue weighted by Crippen LogP contribution is -2.35. The minimum Gasteiger partial charge on any atom is -0.355 e. The molecule has 2 aromatic carbocycles. The minimum atomic E-state index is -0.373. The van der Waals surface area contributed by atoms with Crippen molar-refractivity contribution in [1.82, 2.24) is 5.32 Å². The van der Waals surface area contributed by atoms with Gasteiger partial charge in [0, 0.05) is 28.5 Å². The molecule has 0 radical (unpaired) electrons. The number of nitrogens with one attached hydrogen (secondary N) is 2. The molecular formula is C18H18N2O2S2. The van der Waals surface area contributed by atoms with Crippen molar-refractivity contribution < 1.29 is 9.59 Å². The molecule has 2 amide bonds. The van der Waals surface area contributed by atoms with Crippen molar-refractivity contribution in [2.24, 2.45) is 0 Å². The maximum atomic E-state index is 12.1. The molecule has 24 heavy (non-hydrogen) atoms. The van der Waals surface area contributed by atoms with Gasteiger partial charge in [0.1, 0.15) is 0 Å². The maximum absolute atomic E-state index is 12.1. The Kier molecular flexibility index (Phi) is 5.82. The number of fused-ring (bicyclic) bond motifs is 1. The number of anilines is 1. The van der Waals surface area contributed by atoms with E-state index in [1.807, 2.05) is 54.6 Å². The molecule has 1 atom stereocenters. The lowest BCUT2D eigenvalue weighted by atomic mass is 10.2. The number of carbonyl (C=O) groups is 2. The van der Waals surface area contributed by atoms with Gasteiger partial charge in [0.2, 0.25) is 11.8 Å². The molecular weight excluding hydrogens is 340 g/mol. The van der Waals surface area contributed by atoms with Crippen LogP contribution in [0.2, 0.25) is 0 Å². The highest BCUT2D eigenvalue weighted by Gasteiger charge is 2.28. The number of carbonyl (C=O) groups excluding carboxylic acids is 2. The quantitative estimate of drug-likeness (QED) is 0.614. The Morgan fingerprint density at radius 2 is 1.88 bits per heavy atom. The molecule has 0 fully saturated rings. The molecule has 2 aromatic rings. The second-order valence-electron chi connectivity index (χ2n) is 5.31. The lowest BCUT2D eigenvalue weighted by molar-refractivity contribution is -0.123. The van der Waals surface area contributed by atoms with E-state index < -0.39 is 0 Å². The second kappa shape index (κ2) is 8.26. The molecule has 2 N–H and O–H groups in total. The van der Waals surface area contributed by atoms with Crippen LogP contribution in [0, 0.1) is 0 Å². The molecule has 0 aliphatic carbocycles. The summed E-state index contributed by atoms with van der Waals surface area (Å²) in [6, 6.07) is 17.7. The fraction of sp³-hybridized carbons (Fsp3) is 0.222. The summed E-state index contributed by atoms with van der Waals surface area (Å²) in [6.45, 7) is 0.591. The summed E-state index contributed by atoms with van der Waals surface area (Å²) in [4.78, 5) is 26.4. The first-order chi connectivity index (χ1) is 11.7. The molecule has 1 heterocycles. The van der Waals surface area contributed by atoms with Gasteiger partial charge < -0.3 is 10.6 Å². The van der Waals surface area contributed by atoms with E-state index in [1.54, 1.807) is 11.8 Å². The molecule has 1 aliphatic rings. The largest absolute Gasteiger partial charge is 0.355 e. The van der Waals surface area contributed by atoms with E-state index in [2.05, 4.69) is 10.6 Å². The molecule has 124 valence electrons. The smallest absolute Gasteiger partial charge is 0.238 e. The van der Waals surface area contributed by atoms with Gasteiger partial charge >= 0.3 is 0 Å². The van der Waals surface area contributed by atoms with Gasteiger partial charge in [-0.1, -0.05) is 30.3 Å². The fourth-order valence-electron chi connectivity index (χ4n) is 2.34. The van der Waals surface area contributed by atoms with Crippen molar-refractivity contribution in [2.45, 2.75) is 21.5 Å². The van der Waals surface area contributed by atoms with Crippen molar-refractivity contribution in [3.8, 4) is 0 Å². The summed E-state index contributed by atoms with van der Waals surface area (Å²) in [5.74, 6) is 0.617. The van der Waals surface area contributed by atoms with Gasteiger partial charge in [0.15, 0.2) is 0 Å². The third-order valence-corrected chi connectivity index (χ3v) is 5.80. The van der Waals surface area contributed by atoms with Crippen molar-refractivity contribution in [1.29, 1.82) is 0 Å². The topological polar surface area (TPSA) is 58.2 Å². The zero-order valence-electron chi connectivity index (χ0n) is 13.0. The maximum Gasteiger partial charge on any atom is 0.238 e. The van der Waals surface area contributed by atoms with Crippen LogP contribution in [-0.4, -0.2) is 29.4 Å².